The molecule has 9 nitrogen and oxygen atoms in total. The average Bonchev–Trinajstić information content (AvgIpc) is 3.37. The van der Waals surface area contributed by atoms with Crippen LogP contribution in [-0.4, -0.2) is 55.6 Å². The fourth-order valence-electron chi connectivity index (χ4n) is 4.50. The van der Waals surface area contributed by atoms with Gasteiger partial charge in [-0.1, -0.05) is 12.1 Å². The number of rotatable bonds is 4. The van der Waals surface area contributed by atoms with Crippen molar-refractivity contribution in [1.82, 2.24) is 29.3 Å². The highest BCUT2D eigenvalue weighted by Gasteiger charge is 2.17. The fraction of sp³-hybridized carbons (Fsp3) is 0.280. The number of nitrogens with one attached hydrogen (secondary N) is 1. The number of hydrogen-bond acceptors (Lipinski definition) is 7. The Kier molecular flexibility index (Phi) is 4.91. The Morgan fingerprint density at radius 3 is 2.65 bits per heavy atom. The molecule has 0 aliphatic carbocycles. The number of aromatic nitrogens is 6. The summed E-state index contributed by atoms with van der Waals surface area (Å²) >= 11 is 0. The van der Waals surface area contributed by atoms with Gasteiger partial charge in [0.05, 0.1) is 47.5 Å². The zero-order valence-corrected chi connectivity index (χ0v) is 19.5. The van der Waals surface area contributed by atoms with E-state index < -0.39 is 0 Å². The number of morpholine rings is 1. The summed E-state index contributed by atoms with van der Waals surface area (Å²) in [5.74, 6) is 1.44. The van der Waals surface area contributed by atoms with Crippen molar-refractivity contribution in [3.63, 3.8) is 0 Å². The molecule has 5 aromatic rings. The summed E-state index contributed by atoms with van der Waals surface area (Å²) < 4.78 is 9.47. The Balaban J connectivity index is 1.43. The summed E-state index contributed by atoms with van der Waals surface area (Å²) in [5.41, 5.74) is 6.96. The molecule has 9 heteroatoms. The van der Waals surface area contributed by atoms with Gasteiger partial charge in [0.1, 0.15) is 5.82 Å². The minimum Gasteiger partial charge on any atom is -0.378 e. The summed E-state index contributed by atoms with van der Waals surface area (Å²) in [7, 11) is 3.97. The second kappa shape index (κ2) is 8.11. The lowest BCUT2D eigenvalue weighted by atomic mass is 10.1. The summed E-state index contributed by atoms with van der Waals surface area (Å²) in [4.78, 5) is 16.4. The van der Waals surface area contributed by atoms with Gasteiger partial charge in [-0.05, 0) is 31.2 Å². The summed E-state index contributed by atoms with van der Waals surface area (Å²) in [6.07, 6.45) is 1.82. The quantitative estimate of drug-likeness (QED) is 0.442. The smallest absolute Gasteiger partial charge is 0.228 e. The number of fused-ring (bicyclic) bond motifs is 2. The number of benzene rings is 2. The van der Waals surface area contributed by atoms with Gasteiger partial charge in [0, 0.05) is 49.9 Å². The van der Waals surface area contributed by atoms with Gasteiger partial charge in [0.25, 0.3) is 0 Å². The van der Waals surface area contributed by atoms with Crippen LogP contribution in [0.2, 0.25) is 0 Å². The van der Waals surface area contributed by atoms with Crippen LogP contribution in [0, 0.1) is 6.92 Å². The number of ether oxygens (including phenoxy) is 1. The molecule has 0 amide bonds. The van der Waals surface area contributed by atoms with Crippen molar-refractivity contribution in [2.24, 2.45) is 14.1 Å². The number of imidazole rings is 1. The molecule has 1 fully saturated rings. The molecule has 0 saturated carbocycles. The first-order valence-electron chi connectivity index (χ1n) is 11.4. The van der Waals surface area contributed by atoms with E-state index in [1.54, 1.807) is 0 Å². The molecule has 4 heterocycles. The van der Waals surface area contributed by atoms with Gasteiger partial charge < -0.3 is 19.5 Å². The van der Waals surface area contributed by atoms with Crippen molar-refractivity contribution in [1.29, 1.82) is 0 Å². The molecule has 1 N–H and O–H groups in total. The highest BCUT2D eigenvalue weighted by Crippen LogP contribution is 2.29. The van der Waals surface area contributed by atoms with Crippen LogP contribution >= 0.6 is 0 Å². The number of nitrogens with zero attached hydrogens (tertiary/aromatic N) is 7. The third-order valence-corrected chi connectivity index (χ3v) is 6.34. The zero-order chi connectivity index (χ0) is 23.2. The summed E-state index contributed by atoms with van der Waals surface area (Å²) in [6, 6.07) is 14.5. The van der Waals surface area contributed by atoms with Crippen molar-refractivity contribution in [3.8, 4) is 11.3 Å². The molecule has 1 aliphatic heterocycles. The molecule has 172 valence electrons. The topological polar surface area (TPSA) is 85.9 Å². The van der Waals surface area contributed by atoms with Crippen LogP contribution in [0.4, 0.5) is 17.5 Å². The zero-order valence-electron chi connectivity index (χ0n) is 19.5. The summed E-state index contributed by atoms with van der Waals surface area (Å²) in [5, 5.41) is 9.20. The van der Waals surface area contributed by atoms with E-state index in [0.717, 1.165) is 63.5 Å². The Hall–Kier alpha value is -3.98. The Morgan fingerprint density at radius 1 is 0.941 bits per heavy atom. The van der Waals surface area contributed by atoms with E-state index in [2.05, 4.69) is 44.6 Å². The van der Waals surface area contributed by atoms with Crippen LogP contribution in [0.3, 0.4) is 0 Å². The van der Waals surface area contributed by atoms with Crippen LogP contribution in [0.25, 0.3) is 33.2 Å². The first-order chi connectivity index (χ1) is 16.5. The Labute approximate surface area is 197 Å². The lowest BCUT2D eigenvalue weighted by Crippen LogP contribution is -2.37. The largest absolute Gasteiger partial charge is 0.378 e. The molecule has 3 aromatic heterocycles. The first-order valence-corrected chi connectivity index (χ1v) is 11.4. The maximum atomic E-state index is 5.54. The Bertz CT molecular complexity index is 1510. The van der Waals surface area contributed by atoms with Gasteiger partial charge in [0.15, 0.2) is 0 Å². The van der Waals surface area contributed by atoms with Crippen molar-refractivity contribution in [3.05, 3.63) is 54.5 Å². The fourth-order valence-corrected chi connectivity index (χ4v) is 4.50. The van der Waals surface area contributed by atoms with Gasteiger partial charge in [0.2, 0.25) is 5.95 Å². The molecule has 0 unspecified atom stereocenters. The molecular formula is C25H26N8O. The molecule has 1 aliphatic rings. The van der Waals surface area contributed by atoms with Crippen molar-refractivity contribution in [2.45, 2.75) is 6.92 Å². The van der Waals surface area contributed by atoms with Crippen LogP contribution < -0.4 is 10.2 Å². The van der Waals surface area contributed by atoms with Gasteiger partial charge in [-0.15, -0.1) is 0 Å². The highest BCUT2D eigenvalue weighted by atomic mass is 16.5. The minimum atomic E-state index is 0.674. The van der Waals surface area contributed by atoms with Gasteiger partial charge in [-0.2, -0.15) is 10.1 Å². The average molecular weight is 455 g/mol. The molecule has 6 rings (SSSR count). The van der Waals surface area contributed by atoms with Gasteiger partial charge in [-0.25, -0.2) is 9.97 Å². The first kappa shape index (κ1) is 20.6. The standard InChI is InChI=1S/C25H26N8O/c1-16-19-6-4-17(12-22(19)32(3)30-16)21-14-24(29-25(28-21)33-8-10-34-11-9-33)27-18-5-7-20-23(13-18)31(2)15-26-20/h4-7,12-15H,8-11H2,1-3H3,(H,27,28,29). The second-order valence-electron chi connectivity index (χ2n) is 8.66. The number of aryl methyl sites for hydroxylation is 3. The van der Waals surface area contributed by atoms with E-state index in [-0.39, 0.29) is 0 Å². The van der Waals surface area contributed by atoms with E-state index in [1.807, 2.05) is 54.8 Å². The van der Waals surface area contributed by atoms with E-state index in [0.29, 0.717) is 19.2 Å². The molecule has 34 heavy (non-hydrogen) atoms. The van der Waals surface area contributed by atoms with E-state index in [1.165, 1.54) is 0 Å². The summed E-state index contributed by atoms with van der Waals surface area (Å²) in [6.45, 7) is 4.92. The SMILES string of the molecule is Cc1nn(C)c2cc(-c3cc(Nc4ccc5ncn(C)c5c4)nc(N4CCOCC4)n3)ccc12. The van der Waals surface area contributed by atoms with Crippen molar-refractivity contribution < 1.29 is 4.74 Å². The van der Waals surface area contributed by atoms with Gasteiger partial charge >= 0.3 is 0 Å². The predicted octanol–water partition coefficient (Wildman–Crippen LogP) is 3.81. The van der Waals surface area contributed by atoms with E-state index >= 15 is 0 Å². The monoisotopic (exact) mass is 454 g/mol. The number of anilines is 3. The van der Waals surface area contributed by atoms with Crippen LogP contribution in [0.1, 0.15) is 5.69 Å². The molecule has 0 atom stereocenters. The molecular weight excluding hydrogens is 428 g/mol. The Morgan fingerprint density at radius 2 is 1.79 bits per heavy atom. The minimum absolute atomic E-state index is 0.674. The number of hydrogen-bond donors (Lipinski definition) is 1. The van der Waals surface area contributed by atoms with E-state index in [9.17, 15) is 0 Å². The predicted molar refractivity (Wildman–Crippen MR) is 134 cm³/mol. The third-order valence-electron chi connectivity index (χ3n) is 6.34. The molecule has 0 radical (unpaired) electrons. The van der Waals surface area contributed by atoms with Crippen molar-refractivity contribution in [2.75, 3.05) is 36.5 Å². The molecule has 0 spiro atoms. The van der Waals surface area contributed by atoms with E-state index in [4.69, 9.17) is 14.7 Å². The lowest BCUT2D eigenvalue weighted by molar-refractivity contribution is 0.122. The normalized spacial score (nSPS) is 14.3. The van der Waals surface area contributed by atoms with Crippen LogP contribution in [0.5, 0.6) is 0 Å². The third kappa shape index (κ3) is 3.63. The van der Waals surface area contributed by atoms with Crippen LogP contribution in [-0.2, 0) is 18.8 Å². The van der Waals surface area contributed by atoms with Gasteiger partial charge in [-0.3, -0.25) is 4.68 Å². The highest BCUT2D eigenvalue weighted by molar-refractivity contribution is 5.87. The lowest BCUT2D eigenvalue weighted by Gasteiger charge is -2.27. The van der Waals surface area contributed by atoms with Crippen LogP contribution in [0.15, 0.2) is 48.8 Å². The second-order valence-corrected chi connectivity index (χ2v) is 8.66. The van der Waals surface area contributed by atoms with Crippen molar-refractivity contribution >= 4 is 39.4 Å². The molecule has 0 bridgehead atoms. The maximum Gasteiger partial charge on any atom is 0.228 e. The molecule has 2 aromatic carbocycles. The maximum absolute atomic E-state index is 5.54. The molecule has 1 saturated heterocycles.